The first-order valence-corrected chi connectivity index (χ1v) is 12.9. The van der Waals surface area contributed by atoms with Crippen LogP contribution in [0.4, 0.5) is 5.69 Å². The van der Waals surface area contributed by atoms with E-state index in [1.807, 2.05) is 61.5 Å². The number of sulfonamides is 1. The first-order valence-electron chi connectivity index (χ1n) is 11.1. The van der Waals surface area contributed by atoms with Crippen LogP contribution < -0.4 is 19.1 Å². The highest BCUT2D eigenvalue weighted by Crippen LogP contribution is 2.36. The third kappa shape index (κ3) is 5.51. The molecular formula is C26H28N2O5S. The van der Waals surface area contributed by atoms with Crippen LogP contribution in [0.1, 0.15) is 35.6 Å². The predicted octanol–water partition coefficient (Wildman–Crippen LogP) is 4.18. The molecule has 0 saturated carbocycles. The molecule has 1 aliphatic heterocycles. The van der Waals surface area contributed by atoms with E-state index in [1.165, 1.54) is 4.31 Å². The zero-order valence-electron chi connectivity index (χ0n) is 19.2. The molecule has 1 heterocycles. The summed E-state index contributed by atoms with van der Waals surface area (Å²) in [6.07, 6.45) is 1.70. The molecule has 1 amide bonds. The van der Waals surface area contributed by atoms with Crippen molar-refractivity contribution in [3.05, 3.63) is 89.5 Å². The third-order valence-electron chi connectivity index (χ3n) is 5.75. The maximum absolute atomic E-state index is 12.9. The minimum atomic E-state index is -3.54. The second kappa shape index (κ2) is 10.2. The zero-order valence-corrected chi connectivity index (χ0v) is 20.0. The van der Waals surface area contributed by atoms with Crippen molar-refractivity contribution < 1.29 is 22.7 Å². The van der Waals surface area contributed by atoms with Crippen LogP contribution in [0.3, 0.4) is 0 Å². The summed E-state index contributed by atoms with van der Waals surface area (Å²) in [5.41, 5.74) is 3.58. The Morgan fingerprint density at radius 1 is 1.00 bits per heavy atom. The fourth-order valence-electron chi connectivity index (χ4n) is 4.04. The molecule has 8 heteroatoms. The van der Waals surface area contributed by atoms with Crippen LogP contribution in [0.2, 0.25) is 0 Å². The number of nitrogens with zero attached hydrogens (tertiary/aromatic N) is 1. The minimum Gasteiger partial charge on any atom is -0.454 e. The van der Waals surface area contributed by atoms with Crippen molar-refractivity contribution in [2.75, 3.05) is 23.9 Å². The molecule has 0 saturated heterocycles. The highest BCUT2D eigenvalue weighted by molar-refractivity contribution is 7.92. The smallest absolute Gasteiger partial charge is 0.232 e. The van der Waals surface area contributed by atoms with E-state index in [0.29, 0.717) is 23.6 Å². The predicted molar refractivity (Wildman–Crippen MR) is 132 cm³/mol. The SMILES string of the molecule is Cc1ccccc1[C@H](NC(=O)CCCN(c1ccc2c(c1)OCO2)S(C)(=O)=O)c1ccccc1. The molecule has 0 aromatic heterocycles. The van der Waals surface area contributed by atoms with Gasteiger partial charge in [0.2, 0.25) is 22.7 Å². The van der Waals surface area contributed by atoms with Gasteiger partial charge in [-0.05, 0) is 42.2 Å². The molecule has 0 radical (unpaired) electrons. The number of ether oxygens (including phenoxy) is 2. The Kier molecular flexibility index (Phi) is 7.07. The number of nitrogens with one attached hydrogen (secondary N) is 1. The number of benzene rings is 3. The number of amides is 1. The van der Waals surface area contributed by atoms with Gasteiger partial charge in [0.25, 0.3) is 0 Å². The van der Waals surface area contributed by atoms with Gasteiger partial charge < -0.3 is 14.8 Å². The topological polar surface area (TPSA) is 84.9 Å². The van der Waals surface area contributed by atoms with Crippen molar-refractivity contribution >= 4 is 21.6 Å². The van der Waals surface area contributed by atoms with Gasteiger partial charge in [-0.2, -0.15) is 0 Å². The van der Waals surface area contributed by atoms with Gasteiger partial charge in [-0.15, -0.1) is 0 Å². The molecular weight excluding hydrogens is 452 g/mol. The van der Waals surface area contributed by atoms with Gasteiger partial charge in [0.1, 0.15) is 0 Å². The van der Waals surface area contributed by atoms with Crippen LogP contribution in [0.5, 0.6) is 11.5 Å². The normalized spacial score (nSPS) is 13.4. The van der Waals surface area contributed by atoms with Crippen molar-refractivity contribution in [3.8, 4) is 11.5 Å². The molecule has 0 bridgehead atoms. The number of hydrogen-bond acceptors (Lipinski definition) is 5. The molecule has 3 aromatic carbocycles. The van der Waals surface area contributed by atoms with Gasteiger partial charge in [0.05, 0.1) is 18.0 Å². The molecule has 1 N–H and O–H groups in total. The summed E-state index contributed by atoms with van der Waals surface area (Å²) >= 11 is 0. The molecule has 178 valence electrons. The standard InChI is InChI=1S/C26H28N2O5S/c1-19-9-6-7-12-22(19)26(20-10-4-3-5-11-20)27-25(29)13-8-16-28(34(2,30)31)21-14-15-23-24(17-21)33-18-32-23/h3-7,9-12,14-15,17,26H,8,13,16,18H2,1-2H3,(H,27,29)/t26-/m1/s1. The van der Waals surface area contributed by atoms with Gasteiger partial charge >= 0.3 is 0 Å². The molecule has 0 unspecified atom stereocenters. The number of fused-ring (bicyclic) bond motifs is 1. The summed E-state index contributed by atoms with van der Waals surface area (Å²) in [4.78, 5) is 12.9. The Labute approximate surface area is 200 Å². The summed E-state index contributed by atoms with van der Waals surface area (Å²) in [6.45, 7) is 2.31. The van der Waals surface area contributed by atoms with Gasteiger partial charge in [-0.1, -0.05) is 54.6 Å². The molecule has 3 aromatic rings. The Balaban J connectivity index is 1.44. The highest BCUT2D eigenvalue weighted by atomic mass is 32.2. The van der Waals surface area contributed by atoms with Crippen molar-refractivity contribution in [2.45, 2.75) is 25.8 Å². The summed E-state index contributed by atoms with van der Waals surface area (Å²) < 4.78 is 36.9. The average molecular weight is 481 g/mol. The number of aryl methyl sites for hydroxylation is 1. The fraction of sp³-hybridized carbons (Fsp3) is 0.269. The van der Waals surface area contributed by atoms with Gasteiger partial charge in [-0.25, -0.2) is 8.42 Å². The van der Waals surface area contributed by atoms with E-state index in [1.54, 1.807) is 18.2 Å². The van der Waals surface area contributed by atoms with Crippen LogP contribution in [0.25, 0.3) is 0 Å². The maximum Gasteiger partial charge on any atom is 0.232 e. The summed E-state index contributed by atoms with van der Waals surface area (Å²) in [7, 11) is -3.54. The van der Waals surface area contributed by atoms with Gasteiger partial charge in [0.15, 0.2) is 11.5 Å². The van der Waals surface area contributed by atoms with Crippen molar-refractivity contribution in [2.24, 2.45) is 0 Å². The Morgan fingerprint density at radius 2 is 1.71 bits per heavy atom. The highest BCUT2D eigenvalue weighted by Gasteiger charge is 2.22. The van der Waals surface area contributed by atoms with E-state index in [0.717, 1.165) is 22.9 Å². The fourth-order valence-corrected chi connectivity index (χ4v) is 5.00. The largest absolute Gasteiger partial charge is 0.454 e. The minimum absolute atomic E-state index is 0.112. The number of carbonyl (C=O) groups is 1. The van der Waals surface area contributed by atoms with Crippen molar-refractivity contribution in [1.82, 2.24) is 5.32 Å². The lowest BCUT2D eigenvalue weighted by atomic mass is 9.95. The van der Waals surface area contributed by atoms with E-state index in [2.05, 4.69) is 5.32 Å². The van der Waals surface area contributed by atoms with E-state index >= 15 is 0 Å². The Bertz CT molecular complexity index is 1260. The maximum atomic E-state index is 12.9. The lowest BCUT2D eigenvalue weighted by Gasteiger charge is -2.24. The van der Waals surface area contributed by atoms with E-state index in [4.69, 9.17) is 9.47 Å². The second-order valence-corrected chi connectivity index (χ2v) is 10.2. The molecule has 1 aliphatic rings. The van der Waals surface area contributed by atoms with E-state index in [9.17, 15) is 13.2 Å². The lowest BCUT2D eigenvalue weighted by Crippen LogP contribution is -2.33. The molecule has 7 nitrogen and oxygen atoms in total. The second-order valence-electron chi connectivity index (χ2n) is 8.24. The van der Waals surface area contributed by atoms with Crippen LogP contribution in [-0.4, -0.2) is 33.9 Å². The molecule has 0 fully saturated rings. The van der Waals surface area contributed by atoms with Crippen LogP contribution in [0, 0.1) is 6.92 Å². The van der Waals surface area contributed by atoms with Gasteiger partial charge in [0, 0.05) is 19.0 Å². The van der Waals surface area contributed by atoms with Crippen molar-refractivity contribution in [1.29, 1.82) is 0 Å². The third-order valence-corrected chi connectivity index (χ3v) is 6.94. The quantitative estimate of drug-likeness (QED) is 0.497. The number of anilines is 1. The molecule has 4 rings (SSSR count). The number of carbonyl (C=O) groups excluding carboxylic acids is 1. The van der Waals surface area contributed by atoms with Gasteiger partial charge in [-0.3, -0.25) is 9.10 Å². The first-order chi connectivity index (χ1) is 16.3. The van der Waals surface area contributed by atoms with Crippen LogP contribution in [-0.2, 0) is 14.8 Å². The van der Waals surface area contributed by atoms with Crippen molar-refractivity contribution in [3.63, 3.8) is 0 Å². The molecule has 0 aliphatic carbocycles. The monoisotopic (exact) mass is 480 g/mol. The number of hydrogen-bond donors (Lipinski definition) is 1. The average Bonchev–Trinajstić information content (AvgIpc) is 3.28. The molecule has 34 heavy (non-hydrogen) atoms. The zero-order chi connectivity index (χ0) is 24.1. The van der Waals surface area contributed by atoms with Crippen LogP contribution >= 0.6 is 0 Å². The summed E-state index contributed by atoms with van der Waals surface area (Å²) in [6, 6.07) is 22.5. The lowest BCUT2D eigenvalue weighted by molar-refractivity contribution is -0.121. The van der Waals surface area contributed by atoms with Crippen LogP contribution in [0.15, 0.2) is 72.8 Å². The number of rotatable bonds is 9. The summed E-state index contributed by atoms with van der Waals surface area (Å²) in [5.74, 6) is 0.948. The molecule has 0 spiro atoms. The molecule has 1 atom stereocenters. The Hall–Kier alpha value is -3.52. The van der Waals surface area contributed by atoms with E-state index in [-0.39, 0.29) is 31.7 Å². The Morgan fingerprint density at radius 3 is 2.44 bits per heavy atom. The summed E-state index contributed by atoms with van der Waals surface area (Å²) in [5, 5.41) is 3.13. The first kappa shape index (κ1) is 23.6. The van der Waals surface area contributed by atoms with E-state index < -0.39 is 10.0 Å².